The zero-order valence-corrected chi connectivity index (χ0v) is 14.6. The Kier molecular flexibility index (Phi) is 7.25. The predicted molar refractivity (Wildman–Crippen MR) is 94.7 cm³/mol. The third-order valence-corrected chi connectivity index (χ3v) is 6.34. The standard InChI is InChI=1S/C16H24N2O2S2/c1-2-15-12-18(9-10-21-15)16(19)17-8-11-22(20)13-14-6-4-3-5-7-14/h3-7,15H,2,8-13H2,1H3,(H,17,19). The van der Waals surface area contributed by atoms with Crippen LogP contribution >= 0.6 is 11.8 Å². The number of nitrogens with zero attached hydrogens (tertiary/aromatic N) is 1. The minimum absolute atomic E-state index is 0.0181. The summed E-state index contributed by atoms with van der Waals surface area (Å²) in [5, 5.41) is 3.45. The summed E-state index contributed by atoms with van der Waals surface area (Å²) >= 11 is 1.94. The maximum absolute atomic E-state index is 12.1. The van der Waals surface area contributed by atoms with Crippen molar-refractivity contribution in [1.29, 1.82) is 0 Å². The highest BCUT2D eigenvalue weighted by Gasteiger charge is 2.22. The Morgan fingerprint density at radius 2 is 2.18 bits per heavy atom. The third-order valence-electron chi connectivity index (χ3n) is 3.66. The van der Waals surface area contributed by atoms with Crippen LogP contribution in [0.15, 0.2) is 30.3 Å². The van der Waals surface area contributed by atoms with Gasteiger partial charge in [0.2, 0.25) is 0 Å². The van der Waals surface area contributed by atoms with Gasteiger partial charge in [-0.1, -0.05) is 37.3 Å². The van der Waals surface area contributed by atoms with Crippen molar-refractivity contribution in [2.45, 2.75) is 24.3 Å². The van der Waals surface area contributed by atoms with Gasteiger partial charge in [0.15, 0.2) is 0 Å². The number of carbonyl (C=O) groups excluding carboxylic acids is 1. The predicted octanol–water partition coefficient (Wildman–Crippen LogP) is 2.47. The Labute approximate surface area is 139 Å². The number of amides is 2. The summed E-state index contributed by atoms with van der Waals surface area (Å²) in [4.78, 5) is 14.0. The van der Waals surface area contributed by atoms with Gasteiger partial charge >= 0.3 is 6.03 Å². The average Bonchev–Trinajstić information content (AvgIpc) is 2.55. The fourth-order valence-electron chi connectivity index (χ4n) is 2.37. The summed E-state index contributed by atoms with van der Waals surface area (Å²) < 4.78 is 12.0. The first-order valence-corrected chi connectivity index (χ1v) is 10.3. The molecule has 0 aromatic heterocycles. The molecule has 2 amide bonds. The van der Waals surface area contributed by atoms with Crippen LogP contribution in [0.5, 0.6) is 0 Å². The fourth-order valence-corrected chi connectivity index (χ4v) is 4.59. The second kappa shape index (κ2) is 9.20. The molecule has 1 aromatic rings. The van der Waals surface area contributed by atoms with E-state index in [1.807, 2.05) is 47.0 Å². The second-order valence-corrected chi connectivity index (χ2v) is 8.34. The van der Waals surface area contributed by atoms with E-state index in [1.54, 1.807) is 0 Å². The van der Waals surface area contributed by atoms with Crippen molar-refractivity contribution >= 4 is 28.6 Å². The molecule has 1 heterocycles. The SMILES string of the molecule is CCC1CN(C(=O)NCCS(=O)Cc2ccccc2)CCS1. The van der Waals surface area contributed by atoms with E-state index in [-0.39, 0.29) is 6.03 Å². The Hall–Kier alpha value is -1.01. The smallest absolute Gasteiger partial charge is 0.317 e. The Morgan fingerprint density at radius 3 is 2.91 bits per heavy atom. The molecule has 1 fully saturated rings. The lowest BCUT2D eigenvalue weighted by Crippen LogP contribution is -2.47. The average molecular weight is 341 g/mol. The molecule has 2 rings (SSSR count). The highest BCUT2D eigenvalue weighted by Crippen LogP contribution is 2.20. The molecule has 122 valence electrons. The van der Waals surface area contributed by atoms with E-state index >= 15 is 0 Å². The van der Waals surface area contributed by atoms with Gasteiger partial charge in [-0.3, -0.25) is 4.21 Å². The van der Waals surface area contributed by atoms with Crippen LogP contribution in [0, 0.1) is 0 Å². The van der Waals surface area contributed by atoms with Crippen LogP contribution in [0.1, 0.15) is 18.9 Å². The van der Waals surface area contributed by atoms with E-state index < -0.39 is 10.8 Å². The van der Waals surface area contributed by atoms with Gasteiger partial charge in [-0.15, -0.1) is 0 Å². The lowest BCUT2D eigenvalue weighted by molar-refractivity contribution is 0.200. The molecule has 1 N–H and O–H groups in total. The van der Waals surface area contributed by atoms with Crippen LogP contribution in [0.4, 0.5) is 4.79 Å². The Bertz CT molecular complexity index is 496. The highest BCUT2D eigenvalue weighted by molar-refractivity contribution is 8.00. The number of benzene rings is 1. The molecule has 2 atom stereocenters. The number of hydrogen-bond donors (Lipinski definition) is 1. The molecular weight excluding hydrogens is 316 g/mol. The van der Waals surface area contributed by atoms with Crippen LogP contribution in [0.3, 0.4) is 0 Å². The number of thioether (sulfide) groups is 1. The lowest BCUT2D eigenvalue weighted by atomic mass is 10.2. The summed E-state index contributed by atoms with van der Waals surface area (Å²) in [6.07, 6.45) is 1.09. The quantitative estimate of drug-likeness (QED) is 0.865. The first-order chi connectivity index (χ1) is 10.7. The molecule has 0 bridgehead atoms. The molecule has 0 aliphatic carbocycles. The molecule has 2 unspecified atom stereocenters. The fraction of sp³-hybridized carbons (Fsp3) is 0.562. The van der Waals surface area contributed by atoms with Crippen LogP contribution < -0.4 is 5.32 Å². The van der Waals surface area contributed by atoms with Crippen LogP contribution in [0.2, 0.25) is 0 Å². The van der Waals surface area contributed by atoms with Gasteiger partial charge in [0.25, 0.3) is 0 Å². The van der Waals surface area contributed by atoms with Crippen LogP contribution in [0.25, 0.3) is 0 Å². The number of nitrogens with one attached hydrogen (secondary N) is 1. The minimum Gasteiger partial charge on any atom is -0.337 e. The largest absolute Gasteiger partial charge is 0.337 e. The molecule has 1 saturated heterocycles. The molecule has 1 aliphatic rings. The number of urea groups is 1. The summed E-state index contributed by atoms with van der Waals surface area (Å²) in [6, 6.07) is 9.79. The van der Waals surface area contributed by atoms with E-state index in [2.05, 4.69) is 12.2 Å². The zero-order chi connectivity index (χ0) is 15.8. The van der Waals surface area contributed by atoms with Crippen molar-refractivity contribution in [2.24, 2.45) is 0 Å². The van der Waals surface area contributed by atoms with Crippen molar-refractivity contribution in [3.8, 4) is 0 Å². The maximum atomic E-state index is 12.1. The molecule has 1 aromatic carbocycles. The summed E-state index contributed by atoms with van der Waals surface area (Å²) in [6.45, 7) is 4.25. The van der Waals surface area contributed by atoms with Crippen LogP contribution in [-0.4, -0.2) is 51.5 Å². The topological polar surface area (TPSA) is 49.4 Å². The van der Waals surface area contributed by atoms with Gasteiger partial charge in [-0.2, -0.15) is 11.8 Å². The second-order valence-electron chi connectivity index (χ2n) is 5.35. The molecular formula is C16H24N2O2S2. The summed E-state index contributed by atoms with van der Waals surface area (Å²) in [5.41, 5.74) is 1.08. The Morgan fingerprint density at radius 1 is 1.41 bits per heavy atom. The van der Waals surface area contributed by atoms with E-state index in [1.165, 1.54) is 0 Å². The van der Waals surface area contributed by atoms with Crippen molar-refractivity contribution < 1.29 is 9.00 Å². The molecule has 0 radical (unpaired) electrons. The molecule has 0 saturated carbocycles. The van der Waals surface area contributed by atoms with Crippen molar-refractivity contribution in [1.82, 2.24) is 10.2 Å². The van der Waals surface area contributed by atoms with Crippen molar-refractivity contribution in [3.05, 3.63) is 35.9 Å². The molecule has 6 heteroatoms. The minimum atomic E-state index is -0.938. The van der Waals surface area contributed by atoms with E-state index in [4.69, 9.17) is 0 Å². The number of hydrogen-bond acceptors (Lipinski definition) is 3. The maximum Gasteiger partial charge on any atom is 0.317 e. The van der Waals surface area contributed by atoms with Gasteiger partial charge in [0.1, 0.15) is 0 Å². The first-order valence-electron chi connectivity index (χ1n) is 7.72. The first kappa shape index (κ1) is 17.3. The zero-order valence-electron chi connectivity index (χ0n) is 13.0. The Balaban J connectivity index is 1.67. The van der Waals surface area contributed by atoms with Gasteiger partial charge in [-0.05, 0) is 12.0 Å². The number of rotatable bonds is 6. The lowest BCUT2D eigenvalue weighted by Gasteiger charge is -2.31. The van der Waals surface area contributed by atoms with Gasteiger partial charge in [-0.25, -0.2) is 4.79 Å². The van der Waals surface area contributed by atoms with Crippen molar-refractivity contribution in [2.75, 3.05) is 31.1 Å². The van der Waals surface area contributed by atoms with Crippen molar-refractivity contribution in [3.63, 3.8) is 0 Å². The molecule has 1 aliphatic heterocycles. The van der Waals surface area contributed by atoms with Crippen LogP contribution in [-0.2, 0) is 16.6 Å². The third kappa shape index (κ3) is 5.65. The monoisotopic (exact) mass is 340 g/mol. The molecule has 22 heavy (non-hydrogen) atoms. The van der Waals surface area contributed by atoms with Gasteiger partial charge in [0, 0.05) is 52.9 Å². The van der Waals surface area contributed by atoms with E-state index in [9.17, 15) is 9.00 Å². The summed E-state index contributed by atoms with van der Waals surface area (Å²) in [5.74, 6) is 2.06. The van der Waals surface area contributed by atoms with E-state index in [0.29, 0.717) is 23.3 Å². The van der Waals surface area contributed by atoms with Gasteiger partial charge in [0.05, 0.1) is 0 Å². The molecule has 4 nitrogen and oxygen atoms in total. The normalized spacial score (nSPS) is 19.7. The van der Waals surface area contributed by atoms with E-state index in [0.717, 1.165) is 30.8 Å². The molecule has 0 spiro atoms. The number of carbonyl (C=O) groups is 1. The summed E-state index contributed by atoms with van der Waals surface area (Å²) in [7, 11) is -0.938. The highest BCUT2D eigenvalue weighted by atomic mass is 32.2. The van der Waals surface area contributed by atoms with Gasteiger partial charge < -0.3 is 10.2 Å².